The molecule has 1 atom stereocenters. The molecular formula is C18H22ClNO. The molecule has 3 heteroatoms. The molecule has 0 bridgehead atoms. The second-order valence-electron chi connectivity index (χ2n) is 5.32. The van der Waals surface area contributed by atoms with E-state index in [2.05, 4.69) is 31.3 Å². The summed E-state index contributed by atoms with van der Waals surface area (Å²) in [6.45, 7) is 9.19. The molecule has 0 amide bonds. The summed E-state index contributed by atoms with van der Waals surface area (Å²) in [7, 11) is 0. The normalized spacial score (nSPS) is 12.2. The van der Waals surface area contributed by atoms with Gasteiger partial charge >= 0.3 is 0 Å². The highest BCUT2D eigenvalue weighted by molar-refractivity contribution is 6.32. The average Bonchev–Trinajstić information content (AvgIpc) is 2.45. The van der Waals surface area contributed by atoms with Crippen LogP contribution in [0, 0.1) is 13.8 Å². The van der Waals surface area contributed by atoms with E-state index in [-0.39, 0.29) is 0 Å². The molecule has 1 N–H and O–H groups in total. The van der Waals surface area contributed by atoms with E-state index < -0.39 is 0 Å². The van der Waals surface area contributed by atoms with Crippen LogP contribution in [0.5, 0.6) is 11.5 Å². The molecule has 0 saturated carbocycles. The Labute approximate surface area is 132 Å². The maximum Gasteiger partial charge on any atom is 0.128 e. The summed E-state index contributed by atoms with van der Waals surface area (Å²) in [6.07, 6.45) is 0. The predicted molar refractivity (Wildman–Crippen MR) is 89.5 cm³/mol. The van der Waals surface area contributed by atoms with E-state index in [9.17, 15) is 0 Å². The van der Waals surface area contributed by atoms with E-state index in [1.54, 1.807) is 0 Å². The number of hydrogen-bond acceptors (Lipinski definition) is 2. The second kappa shape index (κ2) is 6.97. The van der Waals surface area contributed by atoms with Gasteiger partial charge in [0.25, 0.3) is 0 Å². The Bertz CT molecular complexity index is 601. The fourth-order valence-electron chi connectivity index (χ4n) is 2.37. The molecule has 0 aromatic heterocycles. The lowest BCUT2D eigenvalue weighted by molar-refractivity contribution is 0.479. The first kappa shape index (κ1) is 15.9. The summed E-state index contributed by atoms with van der Waals surface area (Å²) in [4.78, 5) is 0. The van der Waals surface area contributed by atoms with Gasteiger partial charge in [-0.1, -0.05) is 30.7 Å². The molecule has 0 saturated heterocycles. The molecule has 2 aromatic rings. The molecule has 0 heterocycles. The summed E-state index contributed by atoms with van der Waals surface area (Å²) in [5.74, 6) is 1.67. The van der Waals surface area contributed by atoms with Crippen molar-refractivity contribution in [2.24, 2.45) is 0 Å². The lowest BCUT2D eigenvalue weighted by atomic mass is 10.1. The molecule has 0 aliphatic heterocycles. The van der Waals surface area contributed by atoms with Crippen LogP contribution in [0.15, 0.2) is 36.4 Å². The molecule has 21 heavy (non-hydrogen) atoms. The Hall–Kier alpha value is -1.51. The van der Waals surface area contributed by atoms with Gasteiger partial charge in [-0.25, -0.2) is 0 Å². The van der Waals surface area contributed by atoms with Gasteiger partial charge < -0.3 is 10.1 Å². The van der Waals surface area contributed by atoms with Crippen molar-refractivity contribution in [3.8, 4) is 11.5 Å². The number of benzene rings is 2. The van der Waals surface area contributed by atoms with Crippen LogP contribution in [0.2, 0.25) is 5.02 Å². The molecule has 1 unspecified atom stereocenters. The molecule has 0 aliphatic carbocycles. The number of halogens is 1. The fourth-order valence-corrected chi connectivity index (χ4v) is 2.48. The van der Waals surface area contributed by atoms with Crippen LogP contribution in [-0.2, 0) is 0 Å². The van der Waals surface area contributed by atoms with Crippen LogP contribution in [0.25, 0.3) is 0 Å². The Morgan fingerprint density at radius 1 is 1.10 bits per heavy atom. The zero-order chi connectivity index (χ0) is 15.4. The quantitative estimate of drug-likeness (QED) is 0.796. The molecule has 112 valence electrons. The second-order valence-corrected chi connectivity index (χ2v) is 5.70. The van der Waals surface area contributed by atoms with Crippen molar-refractivity contribution in [1.29, 1.82) is 0 Å². The summed E-state index contributed by atoms with van der Waals surface area (Å²) in [5, 5.41) is 4.21. The highest BCUT2D eigenvalue weighted by Gasteiger charge is 2.07. The van der Waals surface area contributed by atoms with Gasteiger partial charge in [0.2, 0.25) is 0 Å². The Morgan fingerprint density at radius 3 is 2.38 bits per heavy atom. The largest absolute Gasteiger partial charge is 0.457 e. The Kier molecular flexibility index (Phi) is 5.27. The first-order chi connectivity index (χ1) is 10.0. The van der Waals surface area contributed by atoms with Gasteiger partial charge in [-0.2, -0.15) is 0 Å². The molecule has 0 radical (unpaired) electrons. The standard InChI is InChI=1S/C18H22ClNO/c1-5-20-14(4)15-7-6-8-16(11-15)21-17-9-12(2)18(19)13(3)10-17/h6-11,14,20H,5H2,1-4H3. The molecule has 2 nitrogen and oxygen atoms in total. The Balaban J connectivity index is 2.22. The predicted octanol–water partition coefficient (Wildman–Crippen LogP) is 5.42. The molecule has 2 aromatic carbocycles. The topological polar surface area (TPSA) is 21.3 Å². The van der Waals surface area contributed by atoms with Crippen LogP contribution < -0.4 is 10.1 Å². The van der Waals surface area contributed by atoms with Crippen molar-refractivity contribution in [2.45, 2.75) is 33.7 Å². The maximum absolute atomic E-state index is 6.19. The van der Waals surface area contributed by atoms with Gasteiger partial charge in [0.15, 0.2) is 0 Å². The lowest BCUT2D eigenvalue weighted by Gasteiger charge is -2.15. The number of ether oxygens (including phenoxy) is 1. The number of hydrogen-bond donors (Lipinski definition) is 1. The maximum atomic E-state index is 6.19. The van der Waals surface area contributed by atoms with Crippen LogP contribution in [-0.4, -0.2) is 6.54 Å². The fraction of sp³-hybridized carbons (Fsp3) is 0.333. The van der Waals surface area contributed by atoms with Gasteiger partial charge in [0.1, 0.15) is 11.5 Å². The number of aryl methyl sites for hydroxylation is 2. The third-order valence-corrected chi connectivity index (χ3v) is 4.11. The number of rotatable bonds is 5. The highest BCUT2D eigenvalue weighted by atomic mass is 35.5. The van der Waals surface area contributed by atoms with Gasteiger partial charge in [-0.3, -0.25) is 0 Å². The monoisotopic (exact) mass is 303 g/mol. The molecular weight excluding hydrogens is 282 g/mol. The van der Waals surface area contributed by atoms with Gasteiger partial charge in [0, 0.05) is 11.1 Å². The SMILES string of the molecule is CCNC(C)c1cccc(Oc2cc(C)c(Cl)c(C)c2)c1. The summed E-state index contributed by atoms with van der Waals surface area (Å²) in [6, 6.07) is 12.4. The van der Waals surface area contributed by atoms with Crippen LogP contribution in [0.3, 0.4) is 0 Å². The Morgan fingerprint density at radius 2 is 1.76 bits per heavy atom. The minimum atomic E-state index is 0.312. The van der Waals surface area contributed by atoms with Crippen molar-refractivity contribution >= 4 is 11.6 Å². The zero-order valence-electron chi connectivity index (χ0n) is 13.0. The van der Waals surface area contributed by atoms with E-state index in [0.717, 1.165) is 34.2 Å². The van der Waals surface area contributed by atoms with Crippen LogP contribution in [0.1, 0.15) is 36.6 Å². The first-order valence-electron chi connectivity index (χ1n) is 7.29. The van der Waals surface area contributed by atoms with Crippen molar-refractivity contribution in [1.82, 2.24) is 5.32 Å². The van der Waals surface area contributed by atoms with E-state index in [4.69, 9.17) is 16.3 Å². The van der Waals surface area contributed by atoms with E-state index in [1.165, 1.54) is 5.56 Å². The van der Waals surface area contributed by atoms with E-state index in [0.29, 0.717) is 6.04 Å². The zero-order valence-corrected chi connectivity index (χ0v) is 13.8. The first-order valence-corrected chi connectivity index (χ1v) is 7.67. The van der Waals surface area contributed by atoms with Crippen molar-refractivity contribution in [3.05, 3.63) is 58.1 Å². The number of nitrogens with one attached hydrogen (secondary N) is 1. The highest BCUT2D eigenvalue weighted by Crippen LogP contribution is 2.30. The summed E-state index contributed by atoms with van der Waals surface area (Å²) >= 11 is 6.19. The minimum absolute atomic E-state index is 0.312. The van der Waals surface area contributed by atoms with Crippen LogP contribution >= 0.6 is 11.6 Å². The van der Waals surface area contributed by atoms with Crippen LogP contribution in [0.4, 0.5) is 0 Å². The summed E-state index contributed by atoms with van der Waals surface area (Å²) < 4.78 is 5.98. The van der Waals surface area contributed by atoms with E-state index >= 15 is 0 Å². The van der Waals surface area contributed by atoms with Crippen molar-refractivity contribution in [3.63, 3.8) is 0 Å². The van der Waals surface area contributed by atoms with Crippen molar-refractivity contribution < 1.29 is 4.74 Å². The molecule has 0 fully saturated rings. The van der Waals surface area contributed by atoms with Gasteiger partial charge in [-0.15, -0.1) is 0 Å². The van der Waals surface area contributed by atoms with E-state index in [1.807, 2.05) is 38.1 Å². The third-order valence-electron chi connectivity index (χ3n) is 3.51. The summed E-state index contributed by atoms with van der Waals surface area (Å²) in [5.41, 5.74) is 3.28. The minimum Gasteiger partial charge on any atom is -0.457 e. The molecule has 0 aliphatic rings. The van der Waals surface area contributed by atoms with Gasteiger partial charge in [0.05, 0.1) is 0 Å². The smallest absolute Gasteiger partial charge is 0.128 e. The average molecular weight is 304 g/mol. The molecule has 2 rings (SSSR count). The lowest BCUT2D eigenvalue weighted by Crippen LogP contribution is -2.17. The molecule has 0 spiro atoms. The van der Waals surface area contributed by atoms with Gasteiger partial charge in [-0.05, 0) is 68.3 Å². The van der Waals surface area contributed by atoms with Crippen molar-refractivity contribution in [2.75, 3.05) is 6.54 Å². The third kappa shape index (κ3) is 3.99.